The Morgan fingerprint density at radius 1 is 1.15 bits per heavy atom. The average Bonchev–Trinajstić information content (AvgIpc) is 2.04. The quantitative estimate of drug-likeness (QED) is 0.625. The molecule has 0 fully saturated rings. The van der Waals surface area contributed by atoms with Crippen LogP contribution in [0, 0.1) is 22.2 Å². The van der Waals surface area contributed by atoms with Crippen LogP contribution in [0.1, 0.15) is 60.3 Å². The Bertz CT molecular complexity index is 188. The summed E-state index contributed by atoms with van der Waals surface area (Å²) in [4.78, 5) is 0. The second-order valence-electron chi connectivity index (χ2n) is 5.12. The molecule has 13 heavy (non-hydrogen) atoms. The van der Waals surface area contributed by atoms with Gasteiger partial charge >= 0.3 is 0 Å². The summed E-state index contributed by atoms with van der Waals surface area (Å²) in [6.45, 7) is 10.9. The molecule has 0 aliphatic heterocycles. The SMILES string of the molecule is CCCC(C)(C#N)CC(C)(C)CC. The summed E-state index contributed by atoms with van der Waals surface area (Å²) >= 11 is 0. The van der Waals surface area contributed by atoms with E-state index >= 15 is 0 Å². The molecule has 0 heterocycles. The number of rotatable bonds is 5. The van der Waals surface area contributed by atoms with E-state index < -0.39 is 0 Å². The molecule has 0 aromatic heterocycles. The Labute approximate surface area is 83.1 Å². The molecule has 1 nitrogen and oxygen atoms in total. The highest BCUT2D eigenvalue weighted by Crippen LogP contribution is 2.38. The third-order valence-electron chi connectivity index (χ3n) is 2.90. The molecular formula is C12H23N. The lowest BCUT2D eigenvalue weighted by Crippen LogP contribution is -2.23. The lowest BCUT2D eigenvalue weighted by molar-refractivity contribution is 0.209. The van der Waals surface area contributed by atoms with E-state index in [1.54, 1.807) is 0 Å². The van der Waals surface area contributed by atoms with Crippen LogP contribution in [0.3, 0.4) is 0 Å². The molecule has 0 amide bonds. The fraction of sp³-hybridized carbons (Fsp3) is 0.917. The summed E-state index contributed by atoms with van der Waals surface area (Å²) in [5.74, 6) is 0. The maximum absolute atomic E-state index is 9.13. The van der Waals surface area contributed by atoms with Gasteiger partial charge in [-0.1, -0.05) is 40.5 Å². The molecule has 1 unspecified atom stereocenters. The maximum Gasteiger partial charge on any atom is 0.0687 e. The van der Waals surface area contributed by atoms with Crippen LogP contribution in [0.5, 0.6) is 0 Å². The van der Waals surface area contributed by atoms with E-state index in [2.05, 4.69) is 40.7 Å². The van der Waals surface area contributed by atoms with E-state index in [9.17, 15) is 0 Å². The van der Waals surface area contributed by atoms with Crippen molar-refractivity contribution in [3.63, 3.8) is 0 Å². The molecule has 0 rings (SSSR count). The third-order valence-corrected chi connectivity index (χ3v) is 2.90. The minimum atomic E-state index is -0.117. The van der Waals surface area contributed by atoms with Crippen LogP contribution in [-0.2, 0) is 0 Å². The molecule has 0 N–H and O–H groups in total. The Hall–Kier alpha value is -0.510. The first-order chi connectivity index (χ1) is 5.89. The molecule has 0 saturated carbocycles. The predicted octanol–water partition coefficient (Wildman–Crippen LogP) is 4.14. The first-order valence-corrected chi connectivity index (χ1v) is 5.30. The summed E-state index contributed by atoms with van der Waals surface area (Å²) in [7, 11) is 0. The van der Waals surface area contributed by atoms with Gasteiger partial charge in [-0.2, -0.15) is 5.26 Å². The summed E-state index contributed by atoms with van der Waals surface area (Å²) < 4.78 is 0. The van der Waals surface area contributed by atoms with Crippen molar-refractivity contribution in [3.05, 3.63) is 0 Å². The number of hydrogen-bond donors (Lipinski definition) is 0. The van der Waals surface area contributed by atoms with E-state index in [-0.39, 0.29) is 5.41 Å². The van der Waals surface area contributed by atoms with Gasteiger partial charge in [-0.05, 0) is 25.2 Å². The number of nitriles is 1. The van der Waals surface area contributed by atoms with Gasteiger partial charge in [0.2, 0.25) is 0 Å². The van der Waals surface area contributed by atoms with Crippen LogP contribution in [0.15, 0.2) is 0 Å². The van der Waals surface area contributed by atoms with Gasteiger partial charge in [0.05, 0.1) is 11.5 Å². The van der Waals surface area contributed by atoms with Crippen LogP contribution in [0.2, 0.25) is 0 Å². The summed E-state index contributed by atoms with van der Waals surface area (Å²) in [5.41, 5.74) is 0.188. The normalized spacial score (nSPS) is 16.3. The first-order valence-electron chi connectivity index (χ1n) is 5.30. The highest BCUT2D eigenvalue weighted by Gasteiger charge is 2.30. The standard InChI is InChI=1S/C12H23N/c1-6-8-12(5,10-13)9-11(3,4)7-2/h6-9H2,1-5H3. The minimum absolute atomic E-state index is 0.117. The number of hydrogen-bond acceptors (Lipinski definition) is 1. The van der Waals surface area contributed by atoms with Crippen LogP contribution in [-0.4, -0.2) is 0 Å². The zero-order valence-corrected chi connectivity index (χ0v) is 9.78. The molecule has 0 aliphatic rings. The first kappa shape index (κ1) is 12.5. The van der Waals surface area contributed by atoms with Crippen molar-refractivity contribution in [1.82, 2.24) is 0 Å². The molecule has 0 saturated heterocycles. The monoisotopic (exact) mass is 181 g/mol. The average molecular weight is 181 g/mol. The van der Waals surface area contributed by atoms with Crippen molar-refractivity contribution in [3.8, 4) is 6.07 Å². The third kappa shape index (κ3) is 4.31. The highest BCUT2D eigenvalue weighted by molar-refractivity contribution is 4.97. The molecule has 76 valence electrons. The van der Waals surface area contributed by atoms with E-state index in [1.807, 2.05) is 0 Å². The minimum Gasteiger partial charge on any atom is -0.198 e. The smallest absolute Gasteiger partial charge is 0.0687 e. The van der Waals surface area contributed by atoms with Gasteiger partial charge in [0.25, 0.3) is 0 Å². The fourth-order valence-corrected chi connectivity index (χ4v) is 1.92. The lowest BCUT2D eigenvalue weighted by Gasteiger charge is -2.31. The van der Waals surface area contributed by atoms with E-state index in [1.165, 1.54) is 0 Å². The largest absolute Gasteiger partial charge is 0.198 e. The van der Waals surface area contributed by atoms with Crippen molar-refractivity contribution in [1.29, 1.82) is 5.26 Å². The molecule has 0 aromatic rings. The molecule has 0 spiro atoms. The zero-order chi connectivity index (χ0) is 10.5. The Kier molecular flexibility index (Phi) is 4.47. The molecule has 0 aromatic carbocycles. The topological polar surface area (TPSA) is 23.8 Å². The van der Waals surface area contributed by atoms with E-state index in [0.717, 1.165) is 25.7 Å². The Morgan fingerprint density at radius 3 is 2.00 bits per heavy atom. The van der Waals surface area contributed by atoms with Crippen molar-refractivity contribution < 1.29 is 0 Å². The molecule has 1 atom stereocenters. The molecule has 1 heteroatoms. The summed E-state index contributed by atoms with van der Waals surface area (Å²) in [6, 6.07) is 2.47. The van der Waals surface area contributed by atoms with Gasteiger partial charge in [0.1, 0.15) is 0 Å². The van der Waals surface area contributed by atoms with Crippen molar-refractivity contribution in [2.45, 2.75) is 60.3 Å². The van der Waals surface area contributed by atoms with Crippen LogP contribution in [0.25, 0.3) is 0 Å². The van der Waals surface area contributed by atoms with E-state index in [4.69, 9.17) is 5.26 Å². The fourth-order valence-electron chi connectivity index (χ4n) is 1.92. The number of nitrogens with zero attached hydrogens (tertiary/aromatic N) is 1. The van der Waals surface area contributed by atoms with Gasteiger partial charge in [0.15, 0.2) is 0 Å². The lowest BCUT2D eigenvalue weighted by atomic mass is 9.71. The second kappa shape index (κ2) is 4.65. The summed E-state index contributed by atoms with van der Waals surface area (Å²) in [6.07, 6.45) is 4.28. The van der Waals surface area contributed by atoms with Crippen molar-refractivity contribution in [2.24, 2.45) is 10.8 Å². The predicted molar refractivity (Wildman–Crippen MR) is 57.3 cm³/mol. The maximum atomic E-state index is 9.13. The van der Waals surface area contributed by atoms with Crippen molar-refractivity contribution >= 4 is 0 Å². The molecule has 0 bridgehead atoms. The second-order valence-corrected chi connectivity index (χ2v) is 5.12. The Morgan fingerprint density at radius 2 is 1.69 bits per heavy atom. The summed E-state index contributed by atoms with van der Waals surface area (Å²) in [5, 5.41) is 9.13. The highest BCUT2D eigenvalue weighted by atomic mass is 14.4. The molecular weight excluding hydrogens is 158 g/mol. The molecule has 0 radical (unpaired) electrons. The van der Waals surface area contributed by atoms with Crippen molar-refractivity contribution in [2.75, 3.05) is 0 Å². The molecule has 0 aliphatic carbocycles. The van der Waals surface area contributed by atoms with Crippen LogP contribution in [0.4, 0.5) is 0 Å². The van der Waals surface area contributed by atoms with Gasteiger partial charge in [-0.3, -0.25) is 0 Å². The van der Waals surface area contributed by atoms with Crippen LogP contribution < -0.4 is 0 Å². The Balaban J connectivity index is 4.37. The van der Waals surface area contributed by atoms with Gasteiger partial charge in [-0.25, -0.2) is 0 Å². The zero-order valence-electron chi connectivity index (χ0n) is 9.78. The van der Waals surface area contributed by atoms with Gasteiger partial charge in [-0.15, -0.1) is 0 Å². The van der Waals surface area contributed by atoms with E-state index in [0.29, 0.717) is 5.41 Å². The van der Waals surface area contributed by atoms with Gasteiger partial charge in [0, 0.05) is 0 Å². The van der Waals surface area contributed by atoms with Gasteiger partial charge < -0.3 is 0 Å². The van der Waals surface area contributed by atoms with Crippen LogP contribution >= 0.6 is 0 Å².